The average Bonchev–Trinajstić information content (AvgIpc) is 2.98. The van der Waals surface area contributed by atoms with Crippen LogP contribution in [0.15, 0.2) is 58.3 Å². The second-order valence-electron chi connectivity index (χ2n) is 6.49. The van der Waals surface area contributed by atoms with Gasteiger partial charge in [-0.15, -0.1) is 0 Å². The van der Waals surface area contributed by atoms with Gasteiger partial charge in [0.1, 0.15) is 12.3 Å². The Morgan fingerprint density at radius 3 is 2.38 bits per heavy atom. The van der Waals surface area contributed by atoms with E-state index in [1.54, 1.807) is 10.7 Å². The monoisotopic (exact) mass is 433 g/mol. The van der Waals surface area contributed by atoms with Crippen molar-refractivity contribution in [2.45, 2.75) is 30.2 Å². The summed E-state index contributed by atoms with van der Waals surface area (Å²) in [5, 5.41) is 7.40. The van der Waals surface area contributed by atoms with E-state index < -0.39 is 9.84 Å². The second kappa shape index (κ2) is 8.26. The van der Waals surface area contributed by atoms with E-state index in [0.29, 0.717) is 16.5 Å². The Labute approximate surface area is 174 Å². The van der Waals surface area contributed by atoms with Crippen LogP contribution < -0.4 is 10.1 Å². The first-order valence-corrected chi connectivity index (χ1v) is 10.6. The molecule has 0 unspecified atom stereocenters. The lowest BCUT2D eigenvalue weighted by molar-refractivity contribution is -0.116. The molecule has 7 nitrogen and oxygen atoms in total. The summed E-state index contributed by atoms with van der Waals surface area (Å²) in [5.74, 6) is -0.0271. The van der Waals surface area contributed by atoms with Crippen LogP contribution in [-0.2, 0) is 21.2 Å². The SMILES string of the molecule is COc1cc(NC(=O)Cn2nc(C)cc2C)cc(S(=O)(=O)c2ccc(Cl)cc2)c1. The van der Waals surface area contributed by atoms with Gasteiger partial charge < -0.3 is 10.1 Å². The van der Waals surface area contributed by atoms with Gasteiger partial charge in [-0.1, -0.05) is 11.6 Å². The molecule has 1 heterocycles. The summed E-state index contributed by atoms with van der Waals surface area (Å²) in [6.45, 7) is 3.71. The van der Waals surface area contributed by atoms with Crippen LogP contribution in [-0.4, -0.2) is 31.2 Å². The van der Waals surface area contributed by atoms with Crippen LogP contribution >= 0.6 is 11.6 Å². The first-order chi connectivity index (χ1) is 13.7. The van der Waals surface area contributed by atoms with E-state index in [2.05, 4.69) is 10.4 Å². The van der Waals surface area contributed by atoms with Crippen LogP contribution in [0.4, 0.5) is 5.69 Å². The van der Waals surface area contributed by atoms with E-state index in [4.69, 9.17) is 16.3 Å². The van der Waals surface area contributed by atoms with Crippen LogP contribution in [0, 0.1) is 13.8 Å². The summed E-state index contributed by atoms with van der Waals surface area (Å²) in [7, 11) is -2.39. The molecule has 0 fully saturated rings. The summed E-state index contributed by atoms with van der Waals surface area (Å²) >= 11 is 5.85. The molecule has 0 aliphatic carbocycles. The van der Waals surface area contributed by atoms with Crippen LogP contribution in [0.2, 0.25) is 5.02 Å². The molecule has 2 aromatic carbocycles. The minimum Gasteiger partial charge on any atom is -0.497 e. The molecule has 1 amide bonds. The first kappa shape index (κ1) is 20.9. The molecule has 0 spiro atoms. The minimum atomic E-state index is -3.82. The van der Waals surface area contributed by atoms with Crippen molar-refractivity contribution in [3.05, 3.63) is 64.9 Å². The molecule has 9 heteroatoms. The van der Waals surface area contributed by atoms with Gasteiger partial charge in [-0.3, -0.25) is 9.48 Å². The van der Waals surface area contributed by atoms with Gasteiger partial charge in [0, 0.05) is 22.5 Å². The number of amides is 1. The van der Waals surface area contributed by atoms with E-state index in [1.165, 1.54) is 43.5 Å². The largest absolute Gasteiger partial charge is 0.497 e. The number of hydrogen-bond acceptors (Lipinski definition) is 5. The molecular formula is C20H20ClN3O4S. The third-order valence-electron chi connectivity index (χ3n) is 4.23. The van der Waals surface area contributed by atoms with Gasteiger partial charge in [0.05, 0.1) is 22.6 Å². The number of anilines is 1. The summed E-state index contributed by atoms with van der Waals surface area (Å²) in [4.78, 5) is 12.5. The average molecular weight is 434 g/mol. The molecule has 3 aromatic rings. The number of aryl methyl sites for hydroxylation is 2. The number of hydrogen-bond donors (Lipinski definition) is 1. The molecule has 0 atom stereocenters. The number of sulfone groups is 1. The normalized spacial score (nSPS) is 11.3. The molecule has 3 rings (SSSR count). The Hall–Kier alpha value is -2.84. The maximum atomic E-state index is 13.0. The Morgan fingerprint density at radius 1 is 1.10 bits per heavy atom. The lowest BCUT2D eigenvalue weighted by Gasteiger charge is -2.12. The van der Waals surface area contributed by atoms with E-state index in [-0.39, 0.29) is 22.2 Å². The van der Waals surface area contributed by atoms with Crippen LogP contribution in [0.1, 0.15) is 11.4 Å². The molecule has 1 N–H and O–H groups in total. The van der Waals surface area contributed by atoms with E-state index >= 15 is 0 Å². The van der Waals surface area contributed by atoms with E-state index in [1.807, 2.05) is 19.9 Å². The Kier molecular flexibility index (Phi) is 5.95. The molecule has 0 aliphatic heterocycles. The van der Waals surface area contributed by atoms with Crippen LogP contribution in [0.5, 0.6) is 5.75 Å². The van der Waals surface area contributed by atoms with Crippen molar-refractivity contribution >= 4 is 33.0 Å². The highest BCUT2D eigenvalue weighted by Crippen LogP contribution is 2.29. The van der Waals surface area contributed by atoms with Crippen molar-refractivity contribution in [2.24, 2.45) is 0 Å². The third kappa shape index (κ3) is 4.78. The van der Waals surface area contributed by atoms with Gasteiger partial charge in [-0.05, 0) is 56.3 Å². The van der Waals surface area contributed by atoms with Crippen molar-refractivity contribution < 1.29 is 17.9 Å². The van der Waals surface area contributed by atoms with Gasteiger partial charge in [0.2, 0.25) is 15.7 Å². The van der Waals surface area contributed by atoms with Crippen molar-refractivity contribution in [3.8, 4) is 5.75 Å². The predicted octanol–water partition coefficient (Wildman–Crippen LogP) is 3.63. The first-order valence-electron chi connectivity index (χ1n) is 8.69. The molecule has 1 aromatic heterocycles. The zero-order valence-corrected chi connectivity index (χ0v) is 17.7. The zero-order chi connectivity index (χ0) is 21.2. The molecule has 0 radical (unpaired) electrons. The fraction of sp³-hybridized carbons (Fsp3) is 0.200. The summed E-state index contributed by atoms with van der Waals surface area (Å²) in [5.41, 5.74) is 1.98. The lowest BCUT2D eigenvalue weighted by Crippen LogP contribution is -2.20. The van der Waals surface area contributed by atoms with Gasteiger partial charge in [-0.2, -0.15) is 5.10 Å². The number of methoxy groups -OCH3 is 1. The highest BCUT2D eigenvalue weighted by atomic mass is 35.5. The number of nitrogens with one attached hydrogen (secondary N) is 1. The highest BCUT2D eigenvalue weighted by molar-refractivity contribution is 7.91. The van der Waals surface area contributed by atoms with Crippen molar-refractivity contribution in [1.82, 2.24) is 9.78 Å². The Balaban J connectivity index is 1.89. The summed E-state index contributed by atoms with van der Waals surface area (Å²) < 4.78 is 32.7. The lowest BCUT2D eigenvalue weighted by atomic mass is 10.3. The minimum absolute atomic E-state index is 0.000543. The van der Waals surface area contributed by atoms with Crippen LogP contribution in [0.3, 0.4) is 0 Å². The fourth-order valence-electron chi connectivity index (χ4n) is 2.84. The number of benzene rings is 2. The predicted molar refractivity (Wildman–Crippen MR) is 110 cm³/mol. The van der Waals surface area contributed by atoms with Gasteiger partial charge in [-0.25, -0.2) is 8.42 Å². The molecule has 0 bridgehead atoms. The topological polar surface area (TPSA) is 90.3 Å². The number of carbonyl (C=O) groups excluding carboxylic acids is 1. The van der Waals surface area contributed by atoms with Gasteiger partial charge >= 0.3 is 0 Å². The van der Waals surface area contributed by atoms with Crippen molar-refractivity contribution in [1.29, 1.82) is 0 Å². The highest BCUT2D eigenvalue weighted by Gasteiger charge is 2.20. The Bertz CT molecular complexity index is 1150. The van der Waals surface area contributed by atoms with Crippen molar-refractivity contribution in [3.63, 3.8) is 0 Å². The molecule has 152 valence electrons. The molecule has 0 saturated carbocycles. The number of carbonyl (C=O) groups is 1. The fourth-order valence-corrected chi connectivity index (χ4v) is 4.28. The van der Waals surface area contributed by atoms with E-state index in [0.717, 1.165) is 11.4 Å². The molecule has 0 saturated heterocycles. The van der Waals surface area contributed by atoms with Crippen molar-refractivity contribution in [2.75, 3.05) is 12.4 Å². The molecule has 29 heavy (non-hydrogen) atoms. The zero-order valence-electron chi connectivity index (χ0n) is 16.1. The summed E-state index contributed by atoms with van der Waals surface area (Å²) in [6.07, 6.45) is 0. The van der Waals surface area contributed by atoms with Crippen LogP contribution in [0.25, 0.3) is 0 Å². The van der Waals surface area contributed by atoms with Gasteiger partial charge in [0.15, 0.2) is 0 Å². The second-order valence-corrected chi connectivity index (χ2v) is 8.87. The maximum absolute atomic E-state index is 13.0. The quantitative estimate of drug-likeness (QED) is 0.641. The molecular weight excluding hydrogens is 414 g/mol. The number of ether oxygens (including phenoxy) is 1. The maximum Gasteiger partial charge on any atom is 0.246 e. The number of halogens is 1. The standard InChI is InChI=1S/C20H20ClN3O4S/c1-13-8-14(2)24(23-13)12-20(25)22-16-9-17(28-3)11-19(10-16)29(26,27)18-6-4-15(21)5-7-18/h4-11H,12H2,1-3H3,(H,22,25). The number of aromatic nitrogens is 2. The smallest absolute Gasteiger partial charge is 0.246 e. The number of rotatable bonds is 6. The molecule has 0 aliphatic rings. The number of nitrogens with zero attached hydrogens (tertiary/aromatic N) is 2. The summed E-state index contributed by atoms with van der Waals surface area (Å²) in [6, 6.07) is 12.1. The Morgan fingerprint density at radius 2 is 1.79 bits per heavy atom. The third-order valence-corrected chi connectivity index (χ3v) is 6.23. The van der Waals surface area contributed by atoms with Gasteiger partial charge in [0.25, 0.3) is 0 Å². The van der Waals surface area contributed by atoms with E-state index in [9.17, 15) is 13.2 Å².